The molecule has 1 aromatic rings. The third-order valence-electron chi connectivity index (χ3n) is 2.44. The van der Waals surface area contributed by atoms with Crippen molar-refractivity contribution in [2.45, 2.75) is 20.4 Å². The maximum Gasteiger partial charge on any atom is 0.279 e. The van der Waals surface area contributed by atoms with Crippen LogP contribution < -0.4 is 4.72 Å². The Morgan fingerprint density at radius 3 is 2.68 bits per heavy atom. The number of thiophene rings is 1. The van der Waals surface area contributed by atoms with Gasteiger partial charge in [0, 0.05) is 35.5 Å². The predicted molar refractivity (Wildman–Crippen MR) is 77.0 cm³/mol. The van der Waals surface area contributed by atoms with Gasteiger partial charge in [-0.1, -0.05) is 25.7 Å². The monoisotopic (exact) mass is 302 g/mol. The first-order chi connectivity index (χ1) is 9.03. The van der Waals surface area contributed by atoms with E-state index in [9.17, 15) is 8.42 Å². The van der Waals surface area contributed by atoms with E-state index < -0.39 is 10.2 Å². The Bertz CT molecular complexity index is 551. The molecular weight excluding hydrogens is 284 g/mol. The molecule has 0 radical (unpaired) electrons. The fraction of sp³-hybridized carbons (Fsp3) is 0.500. The Kier molecular flexibility index (Phi) is 6.48. The summed E-state index contributed by atoms with van der Waals surface area (Å²) in [7, 11) is -3.41. The van der Waals surface area contributed by atoms with Gasteiger partial charge in [0.2, 0.25) is 0 Å². The molecule has 0 amide bonds. The van der Waals surface area contributed by atoms with Crippen molar-refractivity contribution < 1.29 is 13.5 Å². The number of aliphatic hydroxyl groups is 1. The van der Waals surface area contributed by atoms with Crippen LogP contribution in [0, 0.1) is 11.8 Å². The number of nitrogens with zero attached hydrogens (tertiary/aromatic N) is 1. The summed E-state index contributed by atoms with van der Waals surface area (Å²) in [6, 6.07) is 1.82. The van der Waals surface area contributed by atoms with Crippen LogP contribution >= 0.6 is 11.3 Å². The highest BCUT2D eigenvalue weighted by molar-refractivity contribution is 7.87. The van der Waals surface area contributed by atoms with E-state index in [4.69, 9.17) is 5.11 Å². The van der Waals surface area contributed by atoms with E-state index in [1.54, 1.807) is 13.8 Å². The lowest BCUT2D eigenvalue weighted by molar-refractivity contribution is 0.350. The van der Waals surface area contributed by atoms with E-state index in [1.807, 2.05) is 11.4 Å². The molecule has 0 fully saturated rings. The fourth-order valence-corrected chi connectivity index (χ4v) is 3.55. The summed E-state index contributed by atoms with van der Waals surface area (Å²) in [6.07, 6.45) is 0. The molecule has 5 nitrogen and oxygen atoms in total. The molecular formula is C12H18N2O3S2. The lowest BCUT2D eigenvalue weighted by Crippen LogP contribution is -2.39. The van der Waals surface area contributed by atoms with E-state index in [-0.39, 0.29) is 13.2 Å². The van der Waals surface area contributed by atoms with Gasteiger partial charge in [-0.3, -0.25) is 0 Å². The maximum atomic E-state index is 11.9. The molecule has 106 valence electrons. The Hall–Kier alpha value is -0.910. The van der Waals surface area contributed by atoms with Crippen LogP contribution in [0.5, 0.6) is 0 Å². The standard InChI is InChI=1S/C12H18N2O3S2/c1-3-14(4-2)19(16,17)13-9-12-8-11(10-18-12)6-5-7-15/h8,10,13,15H,3-4,7,9H2,1-2H3. The second-order valence-electron chi connectivity index (χ2n) is 3.67. The first kappa shape index (κ1) is 16.1. The average molecular weight is 302 g/mol. The van der Waals surface area contributed by atoms with E-state index in [1.165, 1.54) is 15.6 Å². The molecule has 0 spiro atoms. The molecule has 0 saturated heterocycles. The van der Waals surface area contributed by atoms with Gasteiger partial charge < -0.3 is 5.11 Å². The van der Waals surface area contributed by atoms with Crippen molar-refractivity contribution >= 4 is 21.5 Å². The van der Waals surface area contributed by atoms with E-state index in [2.05, 4.69) is 16.6 Å². The van der Waals surface area contributed by atoms with Gasteiger partial charge in [0.05, 0.1) is 0 Å². The highest BCUT2D eigenvalue weighted by Crippen LogP contribution is 2.14. The van der Waals surface area contributed by atoms with Crippen molar-refractivity contribution in [3.8, 4) is 11.8 Å². The summed E-state index contributed by atoms with van der Waals surface area (Å²) < 4.78 is 27.7. The van der Waals surface area contributed by atoms with Gasteiger partial charge in [0.25, 0.3) is 10.2 Å². The summed E-state index contributed by atoms with van der Waals surface area (Å²) in [5.41, 5.74) is 0.788. The lowest BCUT2D eigenvalue weighted by Gasteiger charge is -2.18. The Morgan fingerprint density at radius 2 is 2.11 bits per heavy atom. The highest BCUT2D eigenvalue weighted by Gasteiger charge is 2.17. The average Bonchev–Trinajstić information content (AvgIpc) is 2.83. The zero-order valence-electron chi connectivity index (χ0n) is 11.0. The third kappa shape index (κ3) is 4.93. The number of nitrogens with one attached hydrogen (secondary N) is 1. The smallest absolute Gasteiger partial charge is 0.279 e. The summed E-state index contributed by atoms with van der Waals surface area (Å²) in [4.78, 5) is 0.887. The minimum absolute atomic E-state index is 0.181. The minimum atomic E-state index is -3.41. The van der Waals surface area contributed by atoms with Crippen molar-refractivity contribution in [3.63, 3.8) is 0 Å². The molecule has 7 heteroatoms. The maximum absolute atomic E-state index is 11.9. The summed E-state index contributed by atoms with van der Waals surface area (Å²) in [5.74, 6) is 5.33. The first-order valence-electron chi connectivity index (χ1n) is 5.95. The van der Waals surface area contributed by atoms with Crippen molar-refractivity contribution in [1.82, 2.24) is 9.03 Å². The first-order valence-corrected chi connectivity index (χ1v) is 8.27. The van der Waals surface area contributed by atoms with Gasteiger partial charge in [-0.15, -0.1) is 11.3 Å². The number of hydrogen-bond donors (Lipinski definition) is 2. The van der Waals surface area contributed by atoms with E-state index >= 15 is 0 Å². The van der Waals surface area contributed by atoms with Crippen molar-refractivity contribution in [2.75, 3.05) is 19.7 Å². The number of aliphatic hydroxyl groups excluding tert-OH is 1. The molecule has 2 N–H and O–H groups in total. The molecule has 0 aliphatic carbocycles. The Morgan fingerprint density at radius 1 is 1.42 bits per heavy atom. The zero-order chi connectivity index (χ0) is 14.3. The quantitative estimate of drug-likeness (QED) is 0.763. The highest BCUT2D eigenvalue weighted by atomic mass is 32.2. The SMILES string of the molecule is CCN(CC)S(=O)(=O)NCc1cc(C#CCO)cs1. The molecule has 0 unspecified atom stereocenters. The van der Waals surface area contributed by atoms with E-state index in [0.29, 0.717) is 13.1 Å². The van der Waals surface area contributed by atoms with Crippen LogP contribution in [0.2, 0.25) is 0 Å². The van der Waals surface area contributed by atoms with Crippen molar-refractivity contribution in [2.24, 2.45) is 0 Å². The van der Waals surface area contributed by atoms with Crippen LogP contribution in [0.3, 0.4) is 0 Å². The molecule has 0 bridgehead atoms. The summed E-state index contributed by atoms with van der Waals surface area (Å²) in [5, 5.41) is 10.4. The van der Waals surface area contributed by atoms with Gasteiger partial charge in [-0.2, -0.15) is 17.4 Å². The summed E-state index contributed by atoms with van der Waals surface area (Å²) in [6.45, 7) is 4.57. The Labute approximate surface area is 118 Å². The van der Waals surface area contributed by atoms with Crippen LogP contribution in [0.25, 0.3) is 0 Å². The van der Waals surface area contributed by atoms with E-state index in [0.717, 1.165) is 10.4 Å². The largest absolute Gasteiger partial charge is 0.384 e. The molecule has 19 heavy (non-hydrogen) atoms. The number of hydrogen-bond acceptors (Lipinski definition) is 4. The second-order valence-corrected chi connectivity index (χ2v) is 6.42. The van der Waals surface area contributed by atoms with Gasteiger partial charge in [-0.05, 0) is 6.07 Å². The van der Waals surface area contributed by atoms with Gasteiger partial charge >= 0.3 is 0 Å². The van der Waals surface area contributed by atoms with Gasteiger partial charge in [0.1, 0.15) is 6.61 Å². The van der Waals surface area contributed by atoms with Crippen molar-refractivity contribution in [3.05, 3.63) is 21.9 Å². The molecule has 1 heterocycles. The molecule has 1 aromatic heterocycles. The molecule has 0 aliphatic rings. The van der Waals surface area contributed by atoms with Crippen LogP contribution in [-0.2, 0) is 16.8 Å². The Balaban J connectivity index is 2.64. The summed E-state index contributed by atoms with van der Waals surface area (Å²) >= 11 is 1.44. The molecule has 0 aliphatic heterocycles. The van der Waals surface area contributed by atoms with Crippen LogP contribution in [0.15, 0.2) is 11.4 Å². The lowest BCUT2D eigenvalue weighted by atomic mass is 10.3. The molecule has 1 rings (SSSR count). The van der Waals surface area contributed by atoms with Gasteiger partial charge in [-0.25, -0.2) is 0 Å². The minimum Gasteiger partial charge on any atom is -0.384 e. The predicted octanol–water partition coefficient (Wildman–Crippen LogP) is 0.768. The number of rotatable bonds is 6. The van der Waals surface area contributed by atoms with Crippen LogP contribution in [0.1, 0.15) is 24.3 Å². The van der Waals surface area contributed by atoms with Crippen molar-refractivity contribution in [1.29, 1.82) is 0 Å². The molecule has 0 aromatic carbocycles. The molecule has 0 atom stereocenters. The van der Waals surface area contributed by atoms with Gasteiger partial charge in [0.15, 0.2) is 0 Å². The topological polar surface area (TPSA) is 69.6 Å². The van der Waals surface area contributed by atoms with Crippen LogP contribution in [0.4, 0.5) is 0 Å². The molecule has 0 saturated carbocycles. The van der Waals surface area contributed by atoms with Crippen LogP contribution in [-0.4, -0.2) is 37.5 Å². The normalized spacial score (nSPS) is 11.4. The second kappa shape index (κ2) is 7.62. The zero-order valence-corrected chi connectivity index (χ0v) is 12.6. The third-order valence-corrected chi connectivity index (χ3v) is 5.08. The fourth-order valence-electron chi connectivity index (χ4n) is 1.50.